The van der Waals surface area contributed by atoms with E-state index in [2.05, 4.69) is 90.2 Å². The summed E-state index contributed by atoms with van der Waals surface area (Å²) < 4.78 is 0. The van der Waals surface area contributed by atoms with E-state index in [0.717, 1.165) is 12.1 Å². The van der Waals surface area contributed by atoms with Crippen molar-refractivity contribution >= 4 is 17.5 Å². The average molecular weight is 344 g/mol. The van der Waals surface area contributed by atoms with Crippen LogP contribution in [0.5, 0.6) is 0 Å². The van der Waals surface area contributed by atoms with Crippen LogP contribution in [-0.4, -0.2) is 6.21 Å². The van der Waals surface area contributed by atoms with Crippen LogP contribution >= 0.6 is 0 Å². The van der Waals surface area contributed by atoms with E-state index in [4.69, 9.17) is 4.99 Å². The number of aryl methyl sites for hydroxylation is 3. The van der Waals surface area contributed by atoms with E-state index in [0.29, 0.717) is 5.92 Å². The maximum Gasteiger partial charge on any atom is 0.0684 e. The summed E-state index contributed by atoms with van der Waals surface area (Å²) in [4.78, 5) is 4.81. The summed E-state index contributed by atoms with van der Waals surface area (Å²) in [5.41, 5.74) is 11.9. The first-order valence-electron chi connectivity index (χ1n) is 9.46. The molecule has 0 saturated heterocycles. The minimum absolute atomic E-state index is 0.481. The lowest BCUT2D eigenvalue weighted by Crippen LogP contribution is -1.99. The molecule has 2 aromatic carbocycles. The quantitative estimate of drug-likeness (QED) is 0.534. The topological polar surface area (TPSA) is 12.4 Å². The summed E-state index contributed by atoms with van der Waals surface area (Å²) in [7, 11) is 0. The molecule has 3 rings (SSSR count). The van der Waals surface area contributed by atoms with Crippen LogP contribution in [0, 0.1) is 26.7 Å². The highest BCUT2D eigenvalue weighted by Gasteiger charge is 2.21. The maximum absolute atomic E-state index is 4.81. The minimum Gasteiger partial charge on any atom is -0.260 e. The highest BCUT2D eigenvalue weighted by Crippen LogP contribution is 2.38. The van der Waals surface area contributed by atoms with Gasteiger partial charge < -0.3 is 0 Å². The van der Waals surface area contributed by atoms with Crippen molar-refractivity contribution in [3.63, 3.8) is 0 Å². The van der Waals surface area contributed by atoms with Crippen molar-refractivity contribution in [1.29, 1.82) is 0 Å². The zero-order valence-corrected chi connectivity index (χ0v) is 16.9. The predicted molar refractivity (Wildman–Crippen MR) is 114 cm³/mol. The molecule has 26 heavy (non-hydrogen) atoms. The van der Waals surface area contributed by atoms with Crippen molar-refractivity contribution < 1.29 is 0 Å². The molecule has 1 atom stereocenters. The molecule has 0 aromatic heterocycles. The van der Waals surface area contributed by atoms with E-state index in [1.54, 1.807) is 0 Å². The summed E-state index contributed by atoms with van der Waals surface area (Å²) in [5, 5.41) is 0. The van der Waals surface area contributed by atoms with Gasteiger partial charge in [-0.05, 0) is 68.0 Å². The third-order valence-corrected chi connectivity index (χ3v) is 5.43. The van der Waals surface area contributed by atoms with Crippen molar-refractivity contribution in [3.05, 3.63) is 81.4 Å². The second-order valence-corrected chi connectivity index (χ2v) is 7.60. The van der Waals surface area contributed by atoms with Gasteiger partial charge in [0, 0.05) is 18.6 Å². The van der Waals surface area contributed by atoms with Crippen molar-refractivity contribution in [1.82, 2.24) is 0 Å². The SMILES string of the molecule is CC1=CC(C)C(c2ccccc2CC=Nc2c(C)cc(C)cc2C)=C1C. The number of aliphatic imine (C=N–C) groups is 1. The van der Waals surface area contributed by atoms with E-state index in [-0.39, 0.29) is 0 Å². The zero-order chi connectivity index (χ0) is 18.8. The molecule has 0 heterocycles. The standard InChI is InChI=1S/C25H29N/c1-16-13-19(4)25(20(5)14-16)26-12-11-22-9-7-8-10-23(22)24-18(3)15-17(2)21(24)6/h7-10,12-15,18H,11H2,1-6H3. The summed E-state index contributed by atoms with van der Waals surface area (Å²) >= 11 is 0. The number of rotatable bonds is 4. The highest BCUT2D eigenvalue weighted by molar-refractivity contribution is 5.81. The lowest BCUT2D eigenvalue weighted by atomic mass is 9.90. The molecule has 0 spiro atoms. The van der Waals surface area contributed by atoms with Crippen LogP contribution in [0.2, 0.25) is 0 Å². The minimum atomic E-state index is 0.481. The fourth-order valence-corrected chi connectivity index (χ4v) is 4.16. The van der Waals surface area contributed by atoms with Gasteiger partial charge in [-0.1, -0.05) is 60.5 Å². The van der Waals surface area contributed by atoms with Gasteiger partial charge in [0.05, 0.1) is 5.69 Å². The molecular formula is C25H29N. The van der Waals surface area contributed by atoms with Gasteiger partial charge >= 0.3 is 0 Å². The molecule has 0 aliphatic heterocycles. The molecule has 0 saturated carbocycles. The molecule has 1 heteroatoms. The molecule has 134 valence electrons. The highest BCUT2D eigenvalue weighted by atomic mass is 14.7. The Bertz CT molecular complexity index is 902. The Labute approximate surface area is 158 Å². The molecule has 1 aliphatic carbocycles. The van der Waals surface area contributed by atoms with Crippen LogP contribution in [-0.2, 0) is 6.42 Å². The summed E-state index contributed by atoms with van der Waals surface area (Å²) in [6, 6.07) is 13.2. The zero-order valence-electron chi connectivity index (χ0n) is 16.9. The molecule has 1 aliphatic rings. The maximum atomic E-state index is 4.81. The lowest BCUT2D eigenvalue weighted by Gasteiger charge is -2.15. The largest absolute Gasteiger partial charge is 0.260 e. The van der Waals surface area contributed by atoms with E-state index in [9.17, 15) is 0 Å². The molecule has 0 radical (unpaired) electrons. The summed E-state index contributed by atoms with van der Waals surface area (Å²) in [5.74, 6) is 0.481. The van der Waals surface area contributed by atoms with Crippen LogP contribution in [0.25, 0.3) is 5.57 Å². The molecule has 0 N–H and O–H groups in total. The monoisotopic (exact) mass is 343 g/mol. The van der Waals surface area contributed by atoms with E-state index in [1.807, 2.05) is 0 Å². The van der Waals surface area contributed by atoms with Crippen molar-refractivity contribution in [2.24, 2.45) is 10.9 Å². The molecule has 0 fully saturated rings. The summed E-state index contributed by atoms with van der Waals surface area (Å²) in [6.45, 7) is 13.2. The van der Waals surface area contributed by atoms with Gasteiger partial charge in [-0.15, -0.1) is 0 Å². The Morgan fingerprint density at radius 2 is 1.62 bits per heavy atom. The first kappa shape index (κ1) is 18.4. The van der Waals surface area contributed by atoms with Gasteiger partial charge in [0.1, 0.15) is 0 Å². The normalized spacial score (nSPS) is 17.3. The molecular weight excluding hydrogens is 314 g/mol. The third kappa shape index (κ3) is 3.58. The van der Waals surface area contributed by atoms with Gasteiger partial charge in [0.25, 0.3) is 0 Å². The third-order valence-electron chi connectivity index (χ3n) is 5.43. The van der Waals surface area contributed by atoms with Gasteiger partial charge in [0.2, 0.25) is 0 Å². The number of hydrogen-bond donors (Lipinski definition) is 0. The predicted octanol–water partition coefficient (Wildman–Crippen LogP) is 6.93. The fraction of sp³-hybridized carbons (Fsp3) is 0.320. The lowest BCUT2D eigenvalue weighted by molar-refractivity contribution is 0.971. The smallest absolute Gasteiger partial charge is 0.0684 e. The average Bonchev–Trinajstić information content (AvgIpc) is 2.83. The summed E-state index contributed by atoms with van der Waals surface area (Å²) in [6.07, 6.45) is 5.29. The second kappa shape index (κ2) is 7.45. The Morgan fingerprint density at radius 3 is 2.23 bits per heavy atom. The molecule has 2 aromatic rings. The van der Waals surface area contributed by atoms with Crippen molar-refractivity contribution in [2.45, 2.75) is 48.0 Å². The fourth-order valence-electron chi connectivity index (χ4n) is 4.16. The van der Waals surface area contributed by atoms with E-state index < -0.39 is 0 Å². The van der Waals surface area contributed by atoms with Crippen LogP contribution in [0.1, 0.15) is 48.6 Å². The molecule has 0 amide bonds. The van der Waals surface area contributed by atoms with Crippen LogP contribution < -0.4 is 0 Å². The van der Waals surface area contributed by atoms with Gasteiger partial charge in [-0.25, -0.2) is 0 Å². The number of allylic oxidation sites excluding steroid dienone is 4. The Kier molecular flexibility index (Phi) is 5.27. The van der Waals surface area contributed by atoms with Gasteiger partial charge in [0.15, 0.2) is 0 Å². The first-order valence-corrected chi connectivity index (χ1v) is 9.46. The Hall–Kier alpha value is -2.41. The van der Waals surface area contributed by atoms with Gasteiger partial charge in [-0.3, -0.25) is 4.99 Å². The van der Waals surface area contributed by atoms with Crippen LogP contribution in [0.3, 0.4) is 0 Å². The Balaban J connectivity index is 1.89. The van der Waals surface area contributed by atoms with Crippen LogP contribution in [0.15, 0.2) is 58.6 Å². The molecule has 0 bridgehead atoms. The van der Waals surface area contributed by atoms with E-state index >= 15 is 0 Å². The van der Waals surface area contributed by atoms with Crippen LogP contribution in [0.4, 0.5) is 5.69 Å². The first-order chi connectivity index (χ1) is 12.4. The molecule has 1 unspecified atom stereocenters. The van der Waals surface area contributed by atoms with Gasteiger partial charge in [-0.2, -0.15) is 0 Å². The van der Waals surface area contributed by atoms with Crippen molar-refractivity contribution in [2.75, 3.05) is 0 Å². The van der Waals surface area contributed by atoms with E-state index in [1.165, 1.54) is 44.5 Å². The second-order valence-electron chi connectivity index (χ2n) is 7.60. The molecule has 1 nitrogen and oxygen atoms in total. The number of benzene rings is 2. The number of hydrogen-bond acceptors (Lipinski definition) is 1. The number of nitrogens with zero attached hydrogens (tertiary/aromatic N) is 1. The Morgan fingerprint density at radius 1 is 0.962 bits per heavy atom. The van der Waals surface area contributed by atoms with Crippen molar-refractivity contribution in [3.8, 4) is 0 Å².